The van der Waals surface area contributed by atoms with Crippen LogP contribution in [0.15, 0.2) is 12.2 Å². The number of hydrogen-bond donors (Lipinski definition) is 1. The van der Waals surface area contributed by atoms with Crippen molar-refractivity contribution in [1.29, 1.82) is 0 Å². The topological polar surface area (TPSA) is 107 Å². The minimum atomic E-state index is -6.09. The van der Waals surface area contributed by atoms with Gasteiger partial charge in [-0.3, -0.25) is 4.55 Å². The summed E-state index contributed by atoms with van der Waals surface area (Å²) in [6, 6.07) is 0. The number of alkyl halides is 7. The summed E-state index contributed by atoms with van der Waals surface area (Å²) in [5.74, 6) is -10.1. The third kappa shape index (κ3) is 5.82. The van der Waals surface area contributed by atoms with Gasteiger partial charge < -0.3 is 9.47 Å². The zero-order valence-corrected chi connectivity index (χ0v) is 13.5. The number of ether oxygens (including phenoxy) is 2. The number of esters is 2. The smallest absolute Gasteiger partial charge is 0.422 e. The third-order valence-corrected chi connectivity index (χ3v) is 3.51. The van der Waals surface area contributed by atoms with Crippen molar-refractivity contribution in [2.75, 3.05) is 6.61 Å². The van der Waals surface area contributed by atoms with Gasteiger partial charge in [0.2, 0.25) is 0 Å². The molecular formula is C11H11F7O7S. The van der Waals surface area contributed by atoms with Gasteiger partial charge in [0.05, 0.1) is 0 Å². The van der Waals surface area contributed by atoms with E-state index in [1.807, 2.05) is 0 Å². The first-order valence-electron chi connectivity index (χ1n) is 6.24. The van der Waals surface area contributed by atoms with Crippen molar-refractivity contribution in [3.63, 3.8) is 0 Å². The summed E-state index contributed by atoms with van der Waals surface area (Å²) in [7, 11) is -6.09. The van der Waals surface area contributed by atoms with Gasteiger partial charge in [-0.25, -0.2) is 9.59 Å². The van der Waals surface area contributed by atoms with Gasteiger partial charge in [-0.1, -0.05) is 13.5 Å². The van der Waals surface area contributed by atoms with E-state index in [0.717, 1.165) is 6.92 Å². The second kappa shape index (κ2) is 7.77. The molecule has 15 heteroatoms. The van der Waals surface area contributed by atoms with Gasteiger partial charge in [-0.2, -0.15) is 39.2 Å². The predicted molar refractivity (Wildman–Crippen MR) is 67.8 cm³/mol. The molecular weight excluding hydrogens is 409 g/mol. The van der Waals surface area contributed by atoms with Crippen molar-refractivity contribution in [1.82, 2.24) is 0 Å². The first-order valence-corrected chi connectivity index (χ1v) is 7.68. The molecule has 0 rings (SSSR count). The van der Waals surface area contributed by atoms with Crippen molar-refractivity contribution in [2.45, 2.75) is 36.8 Å². The normalized spacial score (nSPS) is 14.5. The second-order valence-electron chi connectivity index (χ2n) is 4.59. The molecule has 0 aromatic heterocycles. The van der Waals surface area contributed by atoms with Crippen LogP contribution in [0.5, 0.6) is 0 Å². The Balaban J connectivity index is 5.22. The molecule has 0 saturated heterocycles. The van der Waals surface area contributed by atoms with Crippen molar-refractivity contribution in [3.8, 4) is 0 Å². The Morgan fingerprint density at radius 3 is 1.92 bits per heavy atom. The minimum Gasteiger partial charge on any atom is -0.453 e. The lowest BCUT2D eigenvalue weighted by Gasteiger charge is -2.25. The molecule has 1 atom stereocenters. The highest BCUT2D eigenvalue weighted by Gasteiger charge is 2.54. The van der Waals surface area contributed by atoms with Gasteiger partial charge in [0.1, 0.15) is 5.57 Å². The molecule has 0 radical (unpaired) electrons. The SMILES string of the molecule is C=C(C(=O)OC(CC)C(F)(F)C(=O)OCC(F)(F)S(=O)(=O)O)C(F)(F)F. The van der Waals surface area contributed by atoms with Crippen LogP contribution in [0.3, 0.4) is 0 Å². The second-order valence-corrected chi connectivity index (χ2v) is 6.14. The van der Waals surface area contributed by atoms with Crippen molar-refractivity contribution in [2.24, 2.45) is 0 Å². The van der Waals surface area contributed by atoms with E-state index in [2.05, 4.69) is 16.1 Å². The summed E-state index contributed by atoms with van der Waals surface area (Å²) in [5.41, 5.74) is -2.17. The molecule has 0 spiro atoms. The van der Waals surface area contributed by atoms with Crippen LogP contribution in [0.1, 0.15) is 13.3 Å². The number of rotatable bonds is 8. The van der Waals surface area contributed by atoms with Gasteiger partial charge in [0.15, 0.2) is 12.7 Å². The van der Waals surface area contributed by atoms with Gasteiger partial charge >= 0.3 is 39.4 Å². The van der Waals surface area contributed by atoms with E-state index in [9.17, 15) is 48.7 Å². The van der Waals surface area contributed by atoms with Crippen LogP contribution in [0.4, 0.5) is 30.7 Å². The molecule has 7 nitrogen and oxygen atoms in total. The van der Waals surface area contributed by atoms with Crippen molar-refractivity contribution in [3.05, 3.63) is 12.2 Å². The molecule has 0 amide bonds. The summed E-state index contributed by atoms with van der Waals surface area (Å²) in [5, 5.41) is -5.12. The monoisotopic (exact) mass is 420 g/mol. The Bertz CT molecular complexity index is 669. The molecule has 0 heterocycles. The zero-order chi connectivity index (χ0) is 21.1. The quantitative estimate of drug-likeness (QED) is 0.277. The molecule has 26 heavy (non-hydrogen) atoms. The van der Waals surface area contributed by atoms with E-state index in [4.69, 9.17) is 4.55 Å². The van der Waals surface area contributed by atoms with Crippen LogP contribution in [0.2, 0.25) is 0 Å². The lowest BCUT2D eigenvalue weighted by molar-refractivity contribution is -0.202. The molecule has 0 fully saturated rings. The Morgan fingerprint density at radius 2 is 1.58 bits per heavy atom. The van der Waals surface area contributed by atoms with Crippen LogP contribution in [-0.4, -0.2) is 55.0 Å². The average molecular weight is 420 g/mol. The average Bonchev–Trinajstić information content (AvgIpc) is 2.46. The maximum absolute atomic E-state index is 13.8. The summed E-state index contributed by atoms with van der Waals surface area (Å²) in [4.78, 5) is 22.3. The lowest BCUT2D eigenvalue weighted by atomic mass is 10.1. The van der Waals surface area contributed by atoms with E-state index < -0.39 is 64.1 Å². The Kier molecular flexibility index (Phi) is 7.20. The number of carbonyl (C=O) groups excluding carboxylic acids is 2. The lowest BCUT2D eigenvalue weighted by Crippen LogP contribution is -2.47. The maximum atomic E-state index is 13.8. The molecule has 1 unspecified atom stereocenters. The van der Waals surface area contributed by atoms with Crippen LogP contribution >= 0.6 is 0 Å². The Morgan fingerprint density at radius 1 is 1.12 bits per heavy atom. The molecule has 0 aliphatic heterocycles. The Labute approximate surface area is 141 Å². The van der Waals surface area contributed by atoms with Gasteiger partial charge in [0.25, 0.3) is 0 Å². The summed E-state index contributed by atoms with van der Waals surface area (Å²) in [6.45, 7) is 0.617. The molecule has 0 saturated carbocycles. The summed E-state index contributed by atoms with van der Waals surface area (Å²) < 4.78 is 126. The van der Waals surface area contributed by atoms with Crippen LogP contribution in [0.25, 0.3) is 0 Å². The molecule has 0 aromatic rings. The fraction of sp³-hybridized carbons (Fsp3) is 0.636. The van der Waals surface area contributed by atoms with Crippen LogP contribution < -0.4 is 0 Å². The fourth-order valence-electron chi connectivity index (χ4n) is 1.18. The first kappa shape index (κ1) is 24.1. The van der Waals surface area contributed by atoms with Gasteiger partial charge in [0, 0.05) is 0 Å². The first-order chi connectivity index (χ1) is 11.4. The van der Waals surface area contributed by atoms with Crippen molar-refractivity contribution >= 4 is 22.1 Å². The van der Waals surface area contributed by atoms with Crippen molar-refractivity contribution < 1.29 is 62.8 Å². The van der Waals surface area contributed by atoms with E-state index in [0.29, 0.717) is 0 Å². The highest BCUT2D eigenvalue weighted by atomic mass is 32.2. The summed E-state index contributed by atoms with van der Waals surface area (Å²) in [6.07, 6.45) is -9.13. The largest absolute Gasteiger partial charge is 0.453 e. The highest BCUT2D eigenvalue weighted by molar-refractivity contribution is 7.86. The van der Waals surface area contributed by atoms with E-state index in [-0.39, 0.29) is 0 Å². The van der Waals surface area contributed by atoms with Crippen LogP contribution in [0, 0.1) is 0 Å². The standard InChI is InChI=1S/C11H11F7O7S/c1-3-6(25-7(19)5(2)11(16,17)18)10(14,15)8(20)24-4-9(12,13)26(21,22)23/h6H,2-4H2,1H3,(H,21,22,23). The molecule has 1 N–H and O–H groups in total. The Hall–Kier alpha value is -1.90. The molecule has 0 aliphatic rings. The fourth-order valence-corrected chi connectivity index (χ4v) is 1.39. The van der Waals surface area contributed by atoms with E-state index in [1.54, 1.807) is 0 Å². The van der Waals surface area contributed by atoms with Gasteiger partial charge in [-0.15, -0.1) is 0 Å². The highest BCUT2D eigenvalue weighted by Crippen LogP contribution is 2.31. The maximum Gasteiger partial charge on any atom is 0.422 e. The van der Waals surface area contributed by atoms with Gasteiger partial charge in [-0.05, 0) is 6.42 Å². The summed E-state index contributed by atoms with van der Waals surface area (Å²) >= 11 is 0. The molecule has 152 valence electrons. The molecule has 0 aliphatic carbocycles. The predicted octanol–water partition coefficient (Wildman–Crippen LogP) is 2.09. The van der Waals surface area contributed by atoms with E-state index in [1.165, 1.54) is 0 Å². The van der Waals surface area contributed by atoms with E-state index >= 15 is 0 Å². The van der Waals surface area contributed by atoms with Crippen LogP contribution in [-0.2, 0) is 29.2 Å². The minimum absolute atomic E-state index is 0.849. The zero-order valence-electron chi connectivity index (χ0n) is 12.6. The molecule has 0 bridgehead atoms. The number of carbonyl (C=O) groups is 2. The third-order valence-electron chi connectivity index (χ3n) is 2.63. The molecule has 0 aromatic carbocycles. The number of hydrogen-bond acceptors (Lipinski definition) is 6. The number of halogens is 7.